The Morgan fingerprint density at radius 2 is 1.53 bits per heavy atom. The lowest BCUT2D eigenvalue weighted by molar-refractivity contribution is -0.142. The first-order chi connectivity index (χ1) is 14.7. The summed E-state index contributed by atoms with van der Waals surface area (Å²) in [7, 11) is 0. The second kappa shape index (κ2) is 10.8. The van der Waals surface area contributed by atoms with Crippen LogP contribution in [0.25, 0.3) is 0 Å². The van der Waals surface area contributed by atoms with Crippen molar-refractivity contribution in [1.29, 1.82) is 5.26 Å². The fourth-order valence-corrected chi connectivity index (χ4v) is 3.43. The largest absolute Gasteiger partial charge is 0.481 e. The summed E-state index contributed by atoms with van der Waals surface area (Å²) < 4.78 is 5.80. The van der Waals surface area contributed by atoms with Crippen molar-refractivity contribution in [3.63, 3.8) is 0 Å². The fourth-order valence-electron chi connectivity index (χ4n) is 3.43. The lowest BCUT2D eigenvalue weighted by Crippen LogP contribution is -2.15. The molecule has 3 aromatic rings. The Balaban J connectivity index is 1.51. The van der Waals surface area contributed by atoms with E-state index in [1.807, 2.05) is 48.5 Å². The number of carboxylic acid groups (broad SMARTS) is 1. The van der Waals surface area contributed by atoms with E-state index in [1.54, 1.807) is 18.2 Å². The van der Waals surface area contributed by atoms with Gasteiger partial charge in [-0.3, -0.25) is 4.79 Å². The second-order valence-corrected chi connectivity index (χ2v) is 7.31. The number of ether oxygens (including phenoxy) is 1. The van der Waals surface area contributed by atoms with E-state index in [0.29, 0.717) is 36.3 Å². The highest BCUT2D eigenvalue weighted by Gasteiger charge is 2.17. The highest BCUT2D eigenvalue weighted by Crippen LogP contribution is 2.25. The van der Waals surface area contributed by atoms with Crippen molar-refractivity contribution in [2.45, 2.75) is 32.1 Å². The van der Waals surface area contributed by atoms with Crippen LogP contribution in [-0.2, 0) is 17.6 Å². The number of aliphatic carboxylic acids is 1. The van der Waals surface area contributed by atoms with E-state index in [2.05, 4.69) is 18.2 Å². The molecule has 30 heavy (non-hydrogen) atoms. The zero-order valence-electron chi connectivity index (χ0n) is 16.8. The lowest BCUT2D eigenvalue weighted by Gasteiger charge is -2.13. The molecule has 0 saturated carbocycles. The normalized spacial score (nSPS) is 11.4. The smallest absolute Gasteiger partial charge is 0.306 e. The van der Waals surface area contributed by atoms with Gasteiger partial charge in [0, 0.05) is 0 Å². The Morgan fingerprint density at radius 1 is 0.867 bits per heavy atom. The number of aryl methyl sites for hydroxylation is 2. The monoisotopic (exact) mass is 399 g/mol. The van der Waals surface area contributed by atoms with Gasteiger partial charge < -0.3 is 9.84 Å². The average Bonchev–Trinajstić information content (AvgIpc) is 2.78. The minimum Gasteiger partial charge on any atom is -0.481 e. The topological polar surface area (TPSA) is 70.3 Å². The van der Waals surface area contributed by atoms with Crippen LogP contribution in [0.2, 0.25) is 0 Å². The molecule has 3 rings (SSSR count). The molecule has 0 aliphatic rings. The second-order valence-electron chi connectivity index (χ2n) is 7.31. The van der Waals surface area contributed by atoms with Crippen LogP contribution in [0.5, 0.6) is 11.5 Å². The maximum Gasteiger partial charge on any atom is 0.306 e. The van der Waals surface area contributed by atoms with E-state index in [-0.39, 0.29) is 5.92 Å². The van der Waals surface area contributed by atoms with Gasteiger partial charge in [-0.25, -0.2) is 0 Å². The number of hydrogen-bond acceptors (Lipinski definition) is 3. The zero-order valence-corrected chi connectivity index (χ0v) is 16.8. The van der Waals surface area contributed by atoms with Gasteiger partial charge >= 0.3 is 5.97 Å². The van der Waals surface area contributed by atoms with Gasteiger partial charge in [-0.05, 0) is 67.5 Å². The van der Waals surface area contributed by atoms with Crippen molar-refractivity contribution in [3.8, 4) is 17.6 Å². The third-order valence-corrected chi connectivity index (χ3v) is 5.15. The number of rotatable bonds is 10. The van der Waals surface area contributed by atoms with Crippen LogP contribution in [0, 0.1) is 17.2 Å². The minimum absolute atomic E-state index is 0.341. The van der Waals surface area contributed by atoms with Crippen LogP contribution in [0.1, 0.15) is 36.0 Å². The van der Waals surface area contributed by atoms with E-state index in [9.17, 15) is 9.90 Å². The van der Waals surface area contributed by atoms with Gasteiger partial charge in [0.15, 0.2) is 0 Å². The Labute approximate surface area is 177 Å². The Morgan fingerprint density at radius 3 is 2.23 bits per heavy atom. The Hall–Kier alpha value is -3.58. The number of carbonyl (C=O) groups is 1. The summed E-state index contributed by atoms with van der Waals surface area (Å²) in [6, 6.07) is 27.0. The van der Waals surface area contributed by atoms with Crippen LogP contribution < -0.4 is 4.74 Å². The number of carboxylic acids is 1. The van der Waals surface area contributed by atoms with Gasteiger partial charge in [-0.1, -0.05) is 54.6 Å². The maximum atomic E-state index is 11.6. The molecule has 0 spiro atoms. The van der Waals surface area contributed by atoms with E-state index < -0.39 is 5.97 Å². The molecule has 152 valence electrons. The first kappa shape index (κ1) is 21.1. The molecule has 0 heterocycles. The quantitative estimate of drug-likeness (QED) is 0.453. The standard InChI is InChI=1S/C26H25NO3/c27-19-23-10-4-5-12-25(23)30-24-17-14-21(15-18-24)13-16-22(26(28)29)11-6-9-20-7-2-1-3-8-20/h1-5,7-8,10,12,14-15,17-18,22H,6,9,11,13,16H2,(H,28,29). The molecule has 3 aromatic carbocycles. The van der Waals surface area contributed by atoms with Crippen molar-refractivity contribution in [2.24, 2.45) is 5.92 Å². The molecule has 0 aliphatic heterocycles. The Kier molecular flexibility index (Phi) is 7.63. The molecule has 1 N–H and O–H groups in total. The molecule has 1 unspecified atom stereocenters. The summed E-state index contributed by atoms with van der Waals surface area (Å²) >= 11 is 0. The molecule has 0 fully saturated rings. The van der Waals surface area contributed by atoms with E-state index in [0.717, 1.165) is 18.4 Å². The van der Waals surface area contributed by atoms with Crippen LogP contribution >= 0.6 is 0 Å². The number of hydrogen-bond donors (Lipinski definition) is 1. The molecule has 0 aliphatic carbocycles. The van der Waals surface area contributed by atoms with Crippen molar-refractivity contribution in [3.05, 3.63) is 95.6 Å². The van der Waals surface area contributed by atoms with Gasteiger partial charge in [-0.2, -0.15) is 5.26 Å². The van der Waals surface area contributed by atoms with Gasteiger partial charge in [0.05, 0.1) is 11.5 Å². The number of para-hydroxylation sites is 1. The van der Waals surface area contributed by atoms with Crippen LogP contribution in [-0.4, -0.2) is 11.1 Å². The Bertz CT molecular complexity index is 991. The molecule has 4 heteroatoms. The van der Waals surface area contributed by atoms with E-state index in [1.165, 1.54) is 5.56 Å². The first-order valence-electron chi connectivity index (χ1n) is 10.2. The summed E-state index contributed by atoms with van der Waals surface area (Å²) in [5, 5.41) is 18.7. The van der Waals surface area contributed by atoms with Crippen LogP contribution in [0.15, 0.2) is 78.9 Å². The molecule has 0 saturated heterocycles. The predicted octanol–water partition coefficient (Wildman–Crippen LogP) is 6.01. The van der Waals surface area contributed by atoms with Crippen molar-refractivity contribution in [2.75, 3.05) is 0 Å². The first-order valence-corrected chi connectivity index (χ1v) is 10.2. The lowest BCUT2D eigenvalue weighted by atomic mass is 9.93. The van der Waals surface area contributed by atoms with Gasteiger partial charge in [0.25, 0.3) is 0 Å². The molecule has 0 bridgehead atoms. The molecule has 0 amide bonds. The molecular formula is C26H25NO3. The predicted molar refractivity (Wildman–Crippen MR) is 116 cm³/mol. The summed E-state index contributed by atoms with van der Waals surface area (Å²) in [5.74, 6) is 0.111. The van der Waals surface area contributed by atoms with Crippen molar-refractivity contribution < 1.29 is 14.6 Å². The summed E-state index contributed by atoms with van der Waals surface area (Å²) in [4.78, 5) is 11.6. The molecule has 4 nitrogen and oxygen atoms in total. The molecule has 1 atom stereocenters. The van der Waals surface area contributed by atoms with E-state index >= 15 is 0 Å². The van der Waals surface area contributed by atoms with Crippen molar-refractivity contribution in [1.82, 2.24) is 0 Å². The van der Waals surface area contributed by atoms with Gasteiger partial charge in [0.2, 0.25) is 0 Å². The molecular weight excluding hydrogens is 374 g/mol. The summed E-state index contributed by atoms with van der Waals surface area (Å²) in [6.07, 6.45) is 3.77. The minimum atomic E-state index is -0.726. The highest BCUT2D eigenvalue weighted by molar-refractivity contribution is 5.69. The third-order valence-electron chi connectivity index (χ3n) is 5.15. The van der Waals surface area contributed by atoms with E-state index in [4.69, 9.17) is 10.00 Å². The van der Waals surface area contributed by atoms with Gasteiger partial charge in [0.1, 0.15) is 17.6 Å². The number of nitrogens with zero attached hydrogens (tertiary/aromatic N) is 1. The highest BCUT2D eigenvalue weighted by atomic mass is 16.5. The number of benzene rings is 3. The van der Waals surface area contributed by atoms with Crippen molar-refractivity contribution >= 4 is 5.97 Å². The van der Waals surface area contributed by atoms with Crippen LogP contribution in [0.3, 0.4) is 0 Å². The fraction of sp³-hybridized carbons (Fsp3) is 0.231. The zero-order chi connectivity index (χ0) is 21.2. The third kappa shape index (κ3) is 6.22. The van der Waals surface area contributed by atoms with Gasteiger partial charge in [-0.15, -0.1) is 0 Å². The van der Waals surface area contributed by atoms with Crippen LogP contribution in [0.4, 0.5) is 0 Å². The average molecular weight is 399 g/mol. The summed E-state index contributed by atoms with van der Waals surface area (Å²) in [5.41, 5.74) is 2.81. The number of nitriles is 1. The molecule has 0 radical (unpaired) electrons. The SMILES string of the molecule is N#Cc1ccccc1Oc1ccc(CCC(CCCc2ccccc2)C(=O)O)cc1. The molecule has 0 aromatic heterocycles. The summed E-state index contributed by atoms with van der Waals surface area (Å²) in [6.45, 7) is 0. The maximum absolute atomic E-state index is 11.6.